The number of halogens is 1. The molecule has 86 valence electrons. The first kappa shape index (κ1) is 12.8. The molecule has 1 aromatic carbocycles. The molecule has 1 aromatic rings. The van der Waals surface area contributed by atoms with E-state index in [0.717, 1.165) is 4.90 Å². The molecule has 1 rings (SSSR count). The summed E-state index contributed by atoms with van der Waals surface area (Å²) >= 11 is 7.34. The topological polar surface area (TPSA) is 83.0 Å². The number of rotatable bonds is 4. The van der Waals surface area contributed by atoms with Crippen molar-refractivity contribution in [1.82, 2.24) is 5.48 Å². The Morgan fingerprint density at radius 3 is 2.81 bits per heavy atom. The van der Waals surface area contributed by atoms with E-state index in [2.05, 4.69) is 10.2 Å². The van der Waals surface area contributed by atoms with Gasteiger partial charge in [0, 0.05) is 21.9 Å². The molecule has 0 aliphatic heterocycles. The molecule has 0 radical (unpaired) electrons. The van der Waals surface area contributed by atoms with Gasteiger partial charge in [0.15, 0.2) is 0 Å². The van der Waals surface area contributed by atoms with Gasteiger partial charge in [0.25, 0.3) is 0 Å². The molecule has 0 heterocycles. The standard InChI is InChI=1S/C9H11ClN4OS/c10-7-1-3-8(4-2-7)16-6-5-12-13-9(11)14-15/h1-5,15H,6H2,(H3,11,13,14)/b12-5-. The fraction of sp³-hybridized carbons (Fsp3) is 0.111. The van der Waals surface area contributed by atoms with Gasteiger partial charge < -0.3 is 5.73 Å². The molecule has 0 spiro atoms. The summed E-state index contributed by atoms with van der Waals surface area (Å²) in [5, 5.41) is 16.1. The van der Waals surface area contributed by atoms with Gasteiger partial charge in [-0.25, -0.2) is 5.48 Å². The molecule has 4 N–H and O–H groups in total. The SMILES string of the molecule is NC(=N/N=C\CSc1ccc(Cl)cc1)NO. The highest BCUT2D eigenvalue weighted by atomic mass is 35.5. The Hall–Kier alpha value is -1.24. The Kier molecular flexibility index (Phi) is 5.69. The van der Waals surface area contributed by atoms with Crippen molar-refractivity contribution in [3.63, 3.8) is 0 Å². The van der Waals surface area contributed by atoms with Crippen molar-refractivity contribution in [2.24, 2.45) is 15.9 Å². The molecule has 0 fully saturated rings. The third-order valence-corrected chi connectivity index (χ3v) is 2.67. The fourth-order valence-corrected chi connectivity index (χ4v) is 1.61. The molecule has 0 aliphatic carbocycles. The second-order valence-electron chi connectivity index (χ2n) is 2.66. The van der Waals surface area contributed by atoms with Crippen molar-refractivity contribution in [3.05, 3.63) is 29.3 Å². The molecule has 0 aromatic heterocycles. The van der Waals surface area contributed by atoms with Crippen molar-refractivity contribution in [2.45, 2.75) is 4.90 Å². The number of thioether (sulfide) groups is 1. The van der Waals surface area contributed by atoms with Gasteiger partial charge in [-0.15, -0.1) is 16.9 Å². The molecule has 0 unspecified atom stereocenters. The molecule has 0 atom stereocenters. The average Bonchev–Trinajstić information content (AvgIpc) is 2.31. The minimum absolute atomic E-state index is 0.146. The molecule has 0 saturated heterocycles. The summed E-state index contributed by atoms with van der Waals surface area (Å²) < 4.78 is 0. The van der Waals surface area contributed by atoms with Gasteiger partial charge >= 0.3 is 0 Å². The van der Waals surface area contributed by atoms with E-state index in [1.54, 1.807) is 23.5 Å². The van der Waals surface area contributed by atoms with Crippen molar-refractivity contribution < 1.29 is 5.21 Å². The van der Waals surface area contributed by atoms with E-state index in [0.29, 0.717) is 10.8 Å². The van der Waals surface area contributed by atoms with Crippen LogP contribution in [0.4, 0.5) is 0 Å². The summed E-state index contributed by atoms with van der Waals surface area (Å²) in [4.78, 5) is 1.09. The molecule has 0 amide bonds. The molecular weight excluding hydrogens is 248 g/mol. The van der Waals surface area contributed by atoms with Gasteiger partial charge in [-0.2, -0.15) is 5.10 Å². The lowest BCUT2D eigenvalue weighted by atomic mass is 10.4. The summed E-state index contributed by atoms with van der Waals surface area (Å²) in [5.41, 5.74) is 6.81. The maximum atomic E-state index is 8.30. The summed E-state index contributed by atoms with van der Waals surface area (Å²) in [6.07, 6.45) is 1.59. The maximum Gasteiger partial charge on any atom is 0.237 e. The van der Waals surface area contributed by atoms with E-state index in [4.69, 9.17) is 22.5 Å². The van der Waals surface area contributed by atoms with Gasteiger partial charge in [-0.1, -0.05) is 11.6 Å². The number of nitrogens with one attached hydrogen (secondary N) is 1. The molecule has 0 bridgehead atoms. The normalized spacial score (nSPS) is 12.0. The van der Waals surface area contributed by atoms with Crippen LogP contribution in [0.15, 0.2) is 39.4 Å². The monoisotopic (exact) mass is 258 g/mol. The van der Waals surface area contributed by atoms with E-state index >= 15 is 0 Å². The first-order valence-corrected chi connectivity index (χ1v) is 5.72. The van der Waals surface area contributed by atoms with Gasteiger partial charge in [0.1, 0.15) is 0 Å². The van der Waals surface area contributed by atoms with Crippen molar-refractivity contribution in [1.29, 1.82) is 0 Å². The van der Waals surface area contributed by atoms with E-state index < -0.39 is 0 Å². The third kappa shape index (κ3) is 5.01. The summed E-state index contributed by atoms with van der Waals surface area (Å²) in [6, 6.07) is 7.50. The van der Waals surface area contributed by atoms with Crippen molar-refractivity contribution >= 4 is 35.5 Å². The highest BCUT2D eigenvalue weighted by Crippen LogP contribution is 2.19. The van der Waals surface area contributed by atoms with Crippen LogP contribution in [-0.2, 0) is 0 Å². The van der Waals surface area contributed by atoms with Crippen LogP contribution in [0.2, 0.25) is 5.02 Å². The maximum absolute atomic E-state index is 8.30. The zero-order valence-corrected chi connectivity index (χ0v) is 9.87. The van der Waals surface area contributed by atoms with Gasteiger partial charge in [0.2, 0.25) is 5.96 Å². The lowest BCUT2D eigenvalue weighted by Crippen LogP contribution is -2.27. The van der Waals surface area contributed by atoms with E-state index in [1.807, 2.05) is 24.3 Å². The number of hydroxylamine groups is 1. The zero-order valence-electron chi connectivity index (χ0n) is 8.30. The van der Waals surface area contributed by atoms with E-state index in [-0.39, 0.29) is 5.96 Å². The predicted octanol–water partition coefficient (Wildman–Crippen LogP) is 1.71. The largest absolute Gasteiger partial charge is 0.367 e. The molecular formula is C9H11ClN4OS. The quantitative estimate of drug-likeness (QED) is 0.332. The number of benzene rings is 1. The molecule has 0 aliphatic rings. The zero-order chi connectivity index (χ0) is 11.8. The van der Waals surface area contributed by atoms with Crippen molar-refractivity contribution in [2.75, 3.05) is 5.75 Å². The lowest BCUT2D eigenvalue weighted by molar-refractivity contribution is 0.232. The Labute approximate surface area is 102 Å². The van der Waals surface area contributed by atoms with Crippen LogP contribution >= 0.6 is 23.4 Å². The lowest BCUT2D eigenvalue weighted by Gasteiger charge is -1.96. The molecule has 7 heteroatoms. The van der Waals surface area contributed by atoms with E-state index in [1.165, 1.54) is 0 Å². The summed E-state index contributed by atoms with van der Waals surface area (Å²) in [5.74, 6) is 0.511. The van der Waals surface area contributed by atoms with E-state index in [9.17, 15) is 0 Å². The summed E-state index contributed by atoms with van der Waals surface area (Å²) in [7, 11) is 0. The van der Waals surface area contributed by atoms with Crippen LogP contribution in [0, 0.1) is 0 Å². The number of nitrogens with two attached hydrogens (primary N) is 1. The first-order valence-electron chi connectivity index (χ1n) is 4.36. The fourth-order valence-electron chi connectivity index (χ4n) is 0.823. The Balaban J connectivity index is 2.33. The first-order chi connectivity index (χ1) is 7.72. The van der Waals surface area contributed by atoms with Gasteiger partial charge in [-0.05, 0) is 24.3 Å². The van der Waals surface area contributed by atoms with Crippen LogP contribution in [0.25, 0.3) is 0 Å². The second-order valence-corrected chi connectivity index (χ2v) is 4.19. The second kappa shape index (κ2) is 7.10. The predicted molar refractivity (Wildman–Crippen MR) is 67.2 cm³/mol. The molecule has 5 nitrogen and oxygen atoms in total. The molecule has 16 heavy (non-hydrogen) atoms. The number of hydrogen-bond donors (Lipinski definition) is 3. The highest BCUT2D eigenvalue weighted by Gasteiger charge is 1.91. The minimum Gasteiger partial charge on any atom is -0.367 e. The van der Waals surface area contributed by atoms with Gasteiger partial charge in [0.05, 0.1) is 0 Å². The number of guanidine groups is 1. The number of nitrogens with zero attached hydrogens (tertiary/aromatic N) is 2. The number of hydrogen-bond acceptors (Lipinski definition) is 4. The highest BCUT2D eigenvalue weighted by molar-refractivity contribution is 7.99. The van der Waals surface area contributed by atoms with Gasteiger partial charge in [-0.3, -0.25) is 5.21 Å². The van der Waals surface area contributed by atoms with Crippen LogP contribution in [0.5, 0.6) is 0 Å². The third-order valence-electron chi connectivity index (χ3n) is 1.50. The van der Waals surface area contributed by atoms with Crippen LogP contribution in [-0.4, -0.2) is 23.1 Å². The van der Waals surface area contributed by atoms with Crippen molar-refractivity contribution in [3.8, 4) is 0 Å². The Bertz CT molecular complexity index is 380. The van der Waals surface area contributed by atoms with Crippen LogP contribution in [0.3, 0.4) is 0 Å². The Morgan fingerprint density at radius 2 is 2.19 bits per heavy atom. The average molecular weight is 259 g/mol. The smallest absolute Gasteiger partial charge is 0.237 e. The molecule has 0 saturated carbocycles. The Morgan fingerprint density at radius 1 is 1.50 bits per heavy atom. The summed E-state index contributed by atoms with van der Waals surface area (Å²) in [6.45, 7) is 0. The van der Waals surface area contributed by atoms with Crippen LogP contribution in [0.1, 0.15) is 0 Å². The van der Waals surface area contributed by atoms with Crippen LogP contribution < -0.4 is 11.2 Å². The minimum atomic E-state index is -0.146.